The Balaban J connectivity index is 1.65. The molecule has 0 N–H and O–H groups in total. The monoisotopic (exact) mass is 414 g/mol. The average Bonchev–Trinajstić information content (AvgIpc) is 3.08. The molecule has 0 unspecified atom stereocenters. The Bertz CT molecular complexity index is 1050. The average molecular weight is 415 g/mol. The van der Waals surface area contributed by atoms with Crippen molar-refractivity contribution >= 4 is 38.4 Å². The number of carbonyl (C=O) groups is 1. The van der Waals surface area contributed by atoms with Crippen LogP contribution in [0.1, 0.15) is 16.7 Å². The van der Waals surface area contributed by atoms with Gasteiger partial charge in [0.1, 0.15) is 0 Å². The molecule has 1 amide bonds. The molecule has 2 aromatic rings. The normalized spacial score (nSPS) is 24.5. The summed E-state index contributed by atoms with van der Waals surface area (Å²) in [5.74, 6) is 0.0211. The highest BCUT2D eigenvalue weighted by molar-refractivity contribution is 8.16. The highest BCUT2D eigenvalue weighted by Crippen LogP contribution is 2.41. The highest BCUT2D eigenvalue weighted by Gasteiger charge is 2.49. The zero-order valence-electron chi connectivity index (χ0n) is 15.8. The van der Waals surface area contributed by atoms with Gasteiger partial charge in [-0.3, -0.25) is 4.79 Å². The van der Waals surface area contributed by atoms with Crippen molar-refractivity contribution in [2.24, 2.45) is 4.99 Å². The molecular formula is C21H22N2O3S2. The van der Waals surface area contributed by atoms with Crippen LogP contribution in [0.15, 0.2) is 53.5 Å². The fourth-order valence-electron chi connectivity index (χ4n) is 3.71. The summed E-state index contributed by atoms with van der Waals surface area (Å²) in [6.07, 6.45) is 0.236. The van der Waals surface area contributed by atoms with Gasteiger partial charge in [0.15, 0.2) is 15.0 Å². The van der Waals surface area contributed by atoms with Crippen molar-refractivity contribution < 1.29 is 13.2 Å². The molecule has 2 aromatic carbocycles. The van der Waals surface area contributed by atoms with Crippen LogP contribution in [0.25, 0.3) is 0 Å². The maximum atomic E-state index is 12.6. The molecule has 0 saturated carbocycles. The van der Waals surface area contributed by atoms with E-state index in [4.69, 9.17) is 0 Å². The first-order valence-electron chi connectivity index (χ1n) is 9.21. The van der Waals surface area contributed by atoms with Gasteiger partial charge in [0.2, 0.25) is 0 Å². The van der Waals surface area contributed by atoms with Gasteiger partial charge in [-0.15, -0.1) is 0 Å². The van der Waals surface area contributed by atoms with Crippen LogP contribution in [0.2, 0.25) is 0 Å². The first-order valence-corrected chi connectivity index (χ1v) is 11.9. The molecule has 7 heteroatoms. The van der Waals surface area contributed by atoms with Crippen molar-refractivity contribution in [1.29, 1.82) is 0 Å². The minimum Gasteiger partial charge on any atom is -0.315 e. The van der Waals surface area contributed by atoms with E-state index in [1.807, 2.05) is 67.3 Å². The predicted molar refractivity (Wildman–Crippen MR) is 115 cm³/mol. The van der Waals surface area contributed by atoms with Crippen molar-refractivity contribution in [1.82, 2.24) is 0 Å². The zero-order valence-corrected chi connectivity index (χ0v) is 17.5. The minimum atomic E-state index is -3.07. The van der Waals surface area contributed by atoms with Crippen LogP contribution in [0.4, 0.5) is 5.69 Å². The van der Waals surface area contributed by atoms with E-state index in [1.165, 1.54) is 11.8 Å². The Kier molecular flexibility index (Phi) is 5.05. The van der Waals surface area contributed by atoms with Gasteiger partial charge in [-0.05, 0) is 31.0 Å². The number of fused-ring (bicyclic) bond motifs is 1. The Morgan fingerprint density at radius 3 is 2.54 bits per heavy atom. The quantitative estimate of drug-likeness (QED) is 0.772. The number of hydrogen-bond donors (Lipinski definition) is 0. The number of nitrogens with zero attached hydrogens (tertiary/aromatic N) is 2. The fourth-order valence-corrected chi connectivity index (χ4v) is 7.63. The van der Waals surface area contributed by atoms with Gasteiger partial charge in [-0.2, -0.15) is 4.99 Å². The van der Waals surface area contributed by atoms with Crippen molar-refractivity contribution in [3.8, 4) is 0 Å². The second kappa shape index (κ2) is 7.37. The number of amides is 1. The number of thioether (sulfide) groups is 1. The second-order valence-corrected chi connectivity index (χ2v) is 10.8. The summed E-state index contributed by atoms with van der Waals surface area (Å²) < 4.78 is 24.3. The number of sulfone groups is 1. The largest absolute Gasteiger partial charge is 0.315 e. The van der Waals surface area contributed by atoms with Gasteiger partial charge in [-0.1, -0.05) is 59.8 Å². The third-order valence-corrected chi connectivity index (χ3v) is 8.35. The molecule has 0 radical (unpaired) electrons. The number of aryl methyl sites for hydroxylation is 2. The highest BCUT2D eigenvalue weighted by atomic mass is 32.2. The van der Waals surface area contributed by atoms with Gasteiger partial charge in [0.25, 0.3) is 5.91 Å². The summed E-state index contributed by atoms with van der Waals surface area (Å²) in [6, 6.07) is 15.5. The van der Waals surface area contributed by atoms with E-state index in [-0.39, 0.29) is 35.1 Å². The zero-order chi connectivity index (χ0) is 19.9. The summed E-state index contributed by atoms with van der Waals surface area (Å²) in [4.78, 5) is 19.0. The van der Waals surface area contributed by atoms with Crippen LogP contribution in [0.3, 0.4) is 0 Å². The van der Waals surface area contributed by atoms with Crippen LogP contribution in [-0.4, -0.2) is 42.3 Å². The number of rotatable bonds is 3. The lowest BCUT2D eigenvalue weighted by atomic mass is 10.1. The Hall–Kier alpha value is -2.12. The van der Waals surface area contributed by atoms with Gasteiger partial charge in [0.05, 0.1) is 24.0 Å². The van der Waals surface area contributed by atoms with E-state index in [0.29, 0.717) is 5.17 Å². The molecule has 0 aromatic heterocycles. The lowest BCUT2D eigenvalue weighted by molar-refractivity contribution is -0.117. The SMILES string of the molecule is Cc1ccc(CC(=O)N=C2S[C@@H]3CS(=O)(=O)C[C@H]3N2c2ccccc2C)cc1. The van der Waals surface area contributed by atoms with Gasteiger partial charge >= 0.3 is 0 Å². The third-order valence-electron chi connectivity index (χ3n) is 5.14. The number of carbonyl (C=O) groups excluding carboxylic acids is 1. The van der Waals surface area contributed by atoms with Gasteiger partial charge in [-0.25, -0.2) is 8.42 Å². The third kappa shape index (κ3) is 3.86. The Morgan fingerprint density at radius 1 is 1.11 bits per heavy atom. The van der Waals surface area contributed by atoms with Gasteiger partial charge < -0.3 is 4.90 Å². The van der Waals surface area contributed by atoms with Crippen molar-refractivity contribution in [2.75, 3.05) is 16.4 Å². The van der Waals surface area contributed by atoms with Crippen LogP contribution in [0, 0.1) is 13.8 Å². The molecule has 2 aliphatic rings. The van der Waals surface area contributed by atoms with Crippen molar-refractivity contribution in [2.45, 2.75) is 31.6 Å². The molecule has 0 spiro atoms. The first-order chi connectivity index (χ1) is 13.3. The molecule has 5 nitrogen and oxygen atoms in total. The molecule has 2 fully saturated rings. The van der Waals surface area contributed by atoms with E-state index in [1.54, 1.807) is 0 Å². The maximum Gasteiger partial charge on any atom is 0.252 e. The Morgan fingerprint density at radius 2 is 1.82 bits per heavy atom. The molecule has 28 heavy (non-hydrogen) atoms. The maximum absolute atomic E-state index is 12.6. The molecule has 2 heterocycles. The lowest BCUT2D eigenvalue weighted by Gasteiger charge is -2.26. The van der Waals surface area contributed by atoms with Crippen molar-refractivity contribution in [3.05, 3.63) is 65.2 Å². The van der Waals surface area contributed by atoms with E-state index in [9.17, 15) is 13.2 Å². The van der Waals surface area contributed by atoms with Crippen LogP contribution in [0.5, 0.6) is 0 Å². The van der Waals surface area contributed by atoms with E-state index in [0.717, 1.165) is 22.4 Å². The number of amidine groups is 1. The molecule has 4 rings (SSSR count). The molecule has 2 atom stereocenters. The standard InChI is InChI=1S/C21H22N2O3S2/c1-14-7-9-16(10-8-14)11-20(24)22-21-23(17-6-4-3-5-15(17)2)18-12-28(25,26)13-19(18)27-21/h3-10,18-19H,11-13H2,1-2H3/t18-,19-/m1/s1. The molecule has 0 aliphatic carbocycles. The summed E-state index contributed by atoms with van der Waals surface area (Å²) in [7, 11) is -3.07. The number of hydrogen-bond acceptors (Lipinski definition) is 4. The number of anilines is 1. The second-order valence-electron chi connectivity index (χ2n) is 7.41. The number of aliphatic imine (C=N–C) groups is 1. The van der Waals surface area contributed by atoms with E-state index in [2.05, 4.69) is 4.99 Å². The number of benzene rings is 2. The summed E-state index contributed by atoms with van der Waals surface area (Å²) in [5.41, 5.74) is 4.02. The van der Waals surface area contributed by atoms with Crippen molar-refractivity contribution in [3.63, 3.8) is 0 Å². The van der Waals surface area contributed by atoms with E-state index < -0.39 is 9.84 Å². The predicted octanol–water partition coefficient (Wildman–Crippen LogP) is 3.15. The topological polar surface area (TPSA) is 66.8 Å². The summed E-state index contributed by atoms with van der Waals surface area (Å²) in [6.45, 7) is 4.00. The van der Waals surface area contributed by atoms with Crippen LogP contribution < -0.4 is 4.90 Å². The summed E-state index contributed by atoms with van der Waals surface area (Å²) >= 11 is 1.41. The molecule has 146 valence electrons. The first kappa shape index (κ1) is 19.2. The smallest absolute Gasteiger partial charge is 0.252 e. The Labute approximate surface area is 169 Å². The molecule has 2 aliphatic heterocycles. The number of para-hydroxylation sites is 1. The van der Waals surface area contributed by atoms with Crippen LogP contribution in [-0.2, 0) is 21.1 Å². The fraction of sp³-hybridized carbons (Fsp3) is 0.333. The molecule has 0 bridgehead atoms. The van der Waals surface area contributed by atoms with Crippen LogP contribution >= 0.6 is 11.8 Å². The van der Waals surface area contributed by atoms with E-state index >= 15 is 0 Å². The lowest BCUT2D eigenvalue weighted by Crippen LogP contribution is -2.38. The molecule has 2 saturated heterocycles. The van der Waals surface area contributed by atoms with Gasteiger partial charge in [0, 0.05) is 10.9 Å². The summed E-state index contributed by atoms with van der Waals surface area (Å²) in [5, 5.41) is 0.520. The minimum absolute atomic E-state index is 0.0875. The molecular weight excluding hydrogens is 392 g/mol.